The number of carbonyl (C=O) groups is 1. The van der Waals surface area contributed by atoms with Gasteiger partial charge in [0.05, 0.1) is 17.6 Å². The molecule has 0 fully saturated rings. The van der Waals surface area contributed by atoms with Gasteiger partial charge in [-0.25, -0.2) is 14.8 Å². The summed E-state index contributed by atoms with van der Waals surface area (Å²) >= 11 is 0. The van der Waals surface area contributed by atoms with Gasteiger partial charge < -0.3 is 10.4 Å². The third kappa shape index (κ3) is 5.19. The molecule has 1 heterocycles. The van der Waals surface area contributed by atoms with Crippen molar-refractivity contribution < 1.29 is 9.90 Å². The maximum absolute atomic E-state index is 12.0. The molecule has 1 unspecified atom stereocenters. The van der Waals surface area contributed by atoms with E-state index in [0.717, 1.165) is 33.6 Å². The minimum Gasteiger partial charge on any atom is -0.480 e. The highest BCUT2D eigenvalue weighted by molar-refractivity contribution is 5.77. The van der Waals surface area contributed by atoms with Crippen molar-refractivity contribution >= 4 is 11.8 Å². The van der Waals surface area contributed by atoms with E-state index in [1.807, 2.05) is 72.8 Å². The fourth-order valence-electron chi connectivity index (χ4n) is 3.62. The van der Waals surface area contributed by atoms with Crippen LogP contribution in [0.2, 0.25) is 0 Å². The summed E-state index contributed by atoms with van der Waals surface area (Å²) in [4.78, 5) is 21.5. The molecule has 4 rings (SSSR count). The topological polar surface area (TPSA) is 75.1 Å². The van der Waals surface area contributed by atoms with E-state index >= 15 is 0 Å². The first-order chi connectivity index (χ1) is 15.6. The molecule has 0 aliphatic rings. The third-order valence-corrected chi connectivity index (χ3v) is 5.43. The molecule has 5 nitrogen and oxygen atoms in total. The second-order valence-electron chi connectivity index (χ2n) is 7.74. The molecule has 0 spiro atoms. The number of carboxylic acid groups (broad SMARTS) is 1. The van der Waals surface area contributed by atoms with Gasteiger partial charge in [0.1, 0.15) is 11.9 Å². The highest BCUT2D eigenvalue weighted by Gasteiger charge is 2.21. The molecule has 3 aromatic carbocycles. The normalized spacial score (nSPS) is 11.7. The summed E-state index contributed by atoms with van der Waals surface area (Å²) in [5.41, 5.74) is 5.68. The Balaban J connectivity index is 1.69. The average molecular weight is 424 g/mol. The van der Waals surface area contributed by atoms with Gasteiger partial charge in [0.25, 0.3) is 0 Å². The Labute approximate surface area is 187 Å². The van der Waals surface area contributed by atoms with Crippen molar-refractivity contribution in [2.45, 2.75) is 25.8 Å². The maximum atomic E-state index is 12.0. The highest BCUT2D eigenvalue weighted by atomic mass is 16.4. The number of nitrogens with zero attached hydrogens (tertiary/aromatic N) is 2. The zero-order valence-corrected chi connectivity index (χ0v) is 17.9. The van der Waals surface area contributed by atoms with Crippen LogP contribution in [0.1, 0.15) is 22.4 Å². The Morgan fingerprint density at radius 2 is 1.59 bits per heavy atom. The van der Waals surface area contributed by atoms with Gasteiger partial charge in [-0.05, 0) is 23.6 Å². The quantitative estimate of drug-likeness (QED) is 0.410. The van der Waals surface area contributed by atoms with Crippen molar-refractivity contribution in [2.24, 2.45) is 0 Å². The van der Waals surface area contributed by atoms with Crippen molar-refractivity contribution in [1.82, 2.24) is 9.97 Å². The van der Waals surface area contributed by atoms with Crippen LogP contribution in [0.15, 0.2) is 91.1 Å². The summed E-state index contributed by atoms with van der Waals surface area (Å²) in [5, 5.41) is 13.0. The van der Waals surface area contributed by atoms with Gasteiger partial charge in [-0.2, -0.15) is 0 Å². The monoisotopic (exact) mass is 423 g/mol. The first-order valence-electron chi connectivity index (χ1n) is 10.6. The number of aryl methyl sites for hydroxylation is 1. The van der Waals surface area contributed by atoms with E-state index in [2.05, 4.69) is 29.4 Å². The molecule has 0 amide bonds. The summed E-state index contributed by atoms with van der Waals surface area (Å²) in [7, 11) is 0. The van der Waals surface area contributed by atoms with Crippen LogP contribution in [0, 0.1) is 6.92 Å². The van der Waals surface area contributed by atoms with Crippen molar-refractivity contribution in [1.29, 1.82) is 0 Å². The van der Waals surface area contributed by atoms with Gasteiger partial charge >= 0.3 is 5.97 Å². The van der Waals surface area contributed by atoms with Gasteiger partial charge in [-0.15, -0.1) is 0 Å². The van der Waals surface area contributed by atoms with Crippen molar-refractivity contribution in [3.05, 3.63) is 114 Å². The smallest absolute Gasteiger partial charge is 0.326 e. The summed E-state index contributed by atoms with van der Waals surface area (Å²) in [6.45, 7) is 2.06. The molecule has 2 N–H and O–H groups in total. The SMILES string of the molecule is Cc1ccccc1Cc1nc(-c2ccccc2)cnc1NC(Cc1ccccc1)C(=O)O. The summed E-state index contributed by atoms with van der Waals surface area (Å²) in [6.07, 6.45) is 2.60. The molecule has 1 aromatic heterocycles. The molecule has 0 radical (unpaired) electrons. The van der Waals surface area contributed by atoms with E-state index in [1.54, 1.807) is 6.20 Å². The minimum absolute atomic E-state index is 0.349. The summed E-state index contributed by atoms with van der Waals surface area (Å²) in [6, 6.07) is 26.8. The number of benzene rings is 3. The number of aromatic nitrogens is 2. The van der Waals surface area contributed by atoms with E-state index in [4.69, 9.17) is 4.98 Å². The number of hydrogen-bond acceptors (Lipinski definition) is 4. The number of nitrogens with one attached hydrogen (secondary N) is 1. The Morgan fingerprint density at radius 3 is 2.28 bits per heavy atom. The molecule has 0 bridgehead atoms. The number of rotatable bonds is 8. The number of hydrogen-bond donors (Lipinski definition) is 2. The Morgan fingerprint density at radius 1 is 0.938 bits per heavy atom. The van der Waals surface area contributed by atoms with E-state index < -0.39 is 12.0 Å². The zero-order chi connectivity index (χ0) is 22.3. The minimum atomic E-state index is -0.926. The molecular weight excluding hydrogens is 398 g/mol. The van der Waals surface area contributed by atoms with Crippen molar-refractivity contribution in [3.8, 4) is 11.3 Å². The molecule has 32 heavy (non-hydrogen) atoms. The fraction of sp³-hybridized carbons (Fsp3) is 0.148. The summed E-state index contributed by atoms with van der Waals surface area (Å²) in [5.74, 6) is -0.430. The molecule has 0 aliphatic heterocycles. The van der Waals surface area contributed by atoms with Crippen LogP contribution in [0.25, 0.3) is 11.3 Å². The van der Waals surface area contributed by atoms with Crippen LogP contribution < -0.4 is 5.32 Å². The van der Waals surface area contributed by atoms with Gasteiger partial charge in [-0.3, -0.25) is 0 Å². The van der Waals surface area contributed by atoms with Crippen LogP contribution in [0.5, 0.6) is 0 Å². The second-order valence-corrected chi connectivity index (χ2v) is 7.74. The van der Waals surface area contributed by atoms with Crippen LogP contribution in [0.3, 0.4) is 0 Å². The standard InChI is InChI=1S/C27H25N3O2/c1-19-10-8-9-15-22(19)17-23-26(28-18-25(29-23)21-13-6-3-7-14-21)30-24(27(31)32)16-20-11-4-2-5-12-20/h2-15,18,24H,16-17H2,1H3,(H,28,30)(H,31,32). The van der Waals surface area contributed by atoms with Crippen LogP contribution in [-0.4, -0.2) is 27.1 Å². The average Bonchev–Trinajstić information content (AvgIpc) is 2.82. The first-order valence-corrected chi connectivity index (χ1v) is 10.6. The van der Waals surface area contributed by atoms with Crippen LogP contribution in [-0.2, 0) is 17.6 Å². The van der Waals surface area contributed by atoms with Crippen molar-refractivity contribution in [2.75, 3.05) is 5.32 Å². The van der Waals surface area contributed by atoms with Gasteiger partial charge in [0.2, 0.25) is 0 Å². The molecular formula is C27H25N3O2. The molecule has 1 atom stereocenters. The first kappa shape index (κ1) is 21.2. The van der Waals surface area contributed by atoms with E-state index in [1.165, 1.54) is 0 Å². The second kappa shape index (κ2) is 9.88. The Bertz CT molecular complexity index is 1190. The van der Waals surface area contributed by atoms with Crippen molar-refractivity contribution in [3.63, 3.8) is 0 Å². The maximum Gasteiger partial charge on any atom is 0.326 e. The number of carboxylic acids is 1. The van der Waals surface area contributed by atoms with E-state index in [9.17, 15) is 9.90 Å². The van der Waals surface area contributed by atoms with Gasteiger partial charge in [-0.1, -0.05) is 84.9 Å². The molecule has 160 valence electrons. The number of anilines is 1. The van der Waals surface area contributed by atoms with E-state index in [-0.39, 0.29) is 0 Å². The zero-order valence-electron chi connectivity index (χ0n) is 17.9. The molecule has 0 aliphatic carbocycles. The van der Waals surface area contributed by atoms with Crippen LogP contribution >= 0.6 is 0 Å². The molecule has 4 aromatic rings. The largest absolute Gasteiger partial charge is 0.480 e. The summed E-state index contributed by atoms with van der Waals surface area (Å²) < 4.78 is 0. The predicted molar refractivity (Wildman–Crippen MR) is 127 cm³/mol. The van der Waals surface area contributed by atoms with E-state index in [0.29, 0.717) is 18.7 Å². The lowest BCUT2D eigenvalue weighted by Gasteiger charge is -2.18. The highest BCUT2D eigenvalue weighted by Crippen LogP contribution is 2.23. The lowest BCUT2D eigenvalue weighted by Crippen LogP contribution is -2.32. The number of aliphatic carboxylic acids is 1. The molecule has 0 saturated heterocycles. The third-order valence-electron chi connectivity index (χ3n) is 5.43. The van der Waals surface area contributed by atoms with Crippen LogP contribution in [0.4, 0.5) is 5.82 Å². The lowest BCUT2D eigenvalue weighted by molar-refractivity contribution is -0.137. The Hall–Kier alpha value is -3.99. The molecule has 5 heteroatoms. The lowest BCUT2D eigenvalue weighted by atomic mass is 10.0. The fourth-order valence-corrected chi connectivity index (χ4v) is 3.62. The van der Waals surface area contributed by atoms with Gasteiger partial charge in [0, 0.05) is 18.4 Å². The molecule has 0 saturated carbocycles. The predicted octanol–water partition coefficient (Wildman–Crippen LogP) is 5.15. The van der Waals surface area contributed by atoms with Gasteiger partial charge in [0.15, 0.2) is 0 Å². The Kier molecular flexibility index (Phi) is 6.56.